The van der Waals surface area contributed by atoms with E-state index in [1.165, 1.54) is 0 Å². The van der Waals surface area contributed by atoms with Crippen LogP contribution in [0.4, 0.5) is 0 Å². The zero-order valence-electron chi connectivity index (χ0n) is 5.18. The van der Waals surface area contributed by atoms with Crippen LogP contribution in [0.2, 0.25) is 0 Å². The molecule has 0 amide bonds. The molecule has 0 heterocycles. The Balaban J connectivity index is 3.50. The van der Waals surface area contributed by atoms with E-state index in [1.54, 1.807) is 13.8 Å². The van der Waals surface area contributed by atoms with Crippen LogP contribution in [0.25, 0.3) is 0 Å². The topological polar surface area (TPSA) is 46.2 Å². The van der Waals surface area contributed by atoms with Gasteiger partial charge < -0.3 is 10.8 Å². The minimum atomic E-state index is -0.555. The minimum Gasteiger partial charge on any atom is -0.381 e. The van der Waals surface area contributed by atoms with Crippen molar-refractivity contribution in [1.29, 1.82) is 0 Å². The van der Waals surface area contributed by atoms with E-state index >= 15 is 0 Å². The average Bonchev–Trinajstić information content (AvgIpc) is 1.61. The molecule has 0 rings (SSSR count). The van der Waals surface area contributed by atoms with Crippen molar-refractivity contribution in [3.8, 4) is 11.8 Å². The second kappa shape index (κ2) is 3.48. The molecule has 8 heavy (non-hydrogen) atoms. The molecule has 0 aliphatic rings. The summed E-state index contributed by atoms with van der Waals surface area (Å²) < 4.78 is 0. The SMILES string of the molecule is CC(N)C#CC(C)O. The third-order valence-corrected chi connectivity index (χ3v) is 0.520. The van der Waals surface area contributed by atoms with Gasteiger partial charge in [0.05, 0.1) is 6.04 Å². The van der Waals surface area contributed by atoms with Crippen molar-refractivity contribution in [3.05, 3.63) is 0 Å². The second-order valence-corrected chi connectivity index (χ2v) is 1.75. The molecule has 46 valence electrons. The summed E-state index contributed by atoms with van der Waals surface area (Å²) in [6.07, 6.45) is -0.555. The van der Waals surface area contributed by atoms with Gasteiger partial charge in [-0.1, -0.05) is 11.8 Å². The summed E-state index contributed by atoms with van der Waals surface area (Å²) in [6, 6.07) is -0.135. The first-order valence-electron chi connectivity index (χ1n) is 2.57. The number of aliphatic hydroxyl groups is 1. The van der Waals surface area contributed by atoms with Crippen molar-refractivity contribution in [2.45, 2.75) is 26.0 Å². The molecule has 0 saturated carbocycles. The van der Waals surface area contributed by atoms with E-state index in [9.17, 15) is 0 Å². The monoisotopic (exact) mass is 113 g/mol. The zero-order valence-corrected chi connectivity index (χ0v) is 5.18. The van der Waals surface area contributed by atoms with Crippen LogP contribution >= 0.6 is 0 Å². The number of hydrogen-bond acceptors (Lipinski definition) is 2. The van der Waals surface area contributed by atoms with Gasteiger partial charge in [0.2, 0.25) is 0 Å². The quantitative estimate of drug-likeness (QED) is 0.424. The predicted molar refractivity (Wildman–Crippen MR) is 33.1 cm³/mol. The van der Waals surface area contributed by atoms with Gasteiger partial charge in [-0.25, -0.2) is 0 Å². The first-order chi connectivity index (χ1) is 3.63. The highest BCUT2D eigenvalue weighted by Gasteiger charge is 1.84. The Kier molecular flexibility index (Phi) is 3.25. The summed E-state index contributed by atoms with van der Waals surface area (Å²) in [5.41, 5.74) is 5.26. The third-order valence-electron chi connectivity index (χ3n) is 0.520. The molecule has 2 atom stereocenters. The maximum absolute atomic E-state index is 8.57. The normalized spacial score (nSPS) is 16.0. The summed E-state index contributed by atoms with van der Waals surface area (Å²) >= 11 is 0. The lowest BCUT2D eigenvalue weighted by molar-refractivity contribution is 0.253. The van der Waals surface area contributed by atoms with Gasteiger partial charge in [-0.15, -0.1) is 0 Å². The molecule has 0 fully saturated rings. The summed E-state index contributed by atoms with van der Waals surface area (Å²) in [6.45, 7) is 3.38. The molecule has 2 heteroatoms. The Bertz CT molecular complexity index is 95.4. The Hall–Kier alpha value is -0.520. The van der Waals surface area contributed by atoms with Crippen LogP contribution in [0, 0.1) is 11.8 Å². The van der Waals surface area contributed by atoms with E-state index in [2.05, 4.69) is 11.8 Å². The Morgan fingerprint density at radius 3 is 2.00 bits per heavy atom. The van der Waals surface area contributed by atoms with Crippen LogP contribution in [0.5, 0.6) is 0 Å². The lowest BCUT2D eigenvalue weighted by Gasteiger charge is -1.90. The Morgan fingerprint density at radius 2 is 1.88 bits per heavy atom. The number of aliphatic hydroxyl groups excluding tert-OH is 1. The van der Waals surface area contributed by atoms with Crippen molar-refractivity contribution in [1.82, 2.24) is 0 Å². The smallest absolute Gasteiger partial charge is 0.112 e. The Labute approximate surface area is 49.7 Å². The molecule has 3 N–H and O–H groups in total. The van der Waals surface area contributed by atoms with Gasteiger partial charge in [0.1, 0.15) is 6.10 Å². The van der Waals surface area contributed by atoms with Crippen LogP contribution in [0.15, 0.2) is 0 Å². The minimum absolute atomic E-state index is 0.135. The van der Waals surface area contributed by atoms with Gasteiger partial charge >= 0.3 is 0 Å². The Morgan fingerprint density at radius 1 is 1.38 bits per heavy atom. The van der Waals surface area contributed by atoms with Gasteiger partial charge in [0, 0.05) is 0 Å². The molecular formula is C6H11NO. The summed E-state index contributed by atoms with van der Waals surface area (Å²) in [5.74, 6) is 5.15. The maximum Gasteiger partial charge on any atom is 0.112 e. The van der Waals surface area contributed by atoms with E-state index in [-0.39, 0.29) is 6.04 Å². The summed E-state index contributed by atoms with van der Waals surface area (Å²) in [7, 11) is 0. The fraction of sp³-hybridized carbons (Fsp3) is 0.667. The van der Waals surface area contributed by atoms with E-state index in [0.29, 0.717) is 0 Å². The van der Waals surface area contributed by atoms with Crippen molar-refractivity contribution in [2.24, 2.45) is 5.73 Å². The first-order valence-corrected chi connectivity index (χ1v) is 2.57. The first kappa shape index (κ1) is 7.48. The van der Waals surface area contributed by atoms with Crippen molar-refractivity contribution in [3.63, 3.8) is 0 Å². The van der Waals surface area contributed by atoms with Crippen LogP contribution in [0.3, 0.4) is 0 Å². The molecule has 0 aliphatic heterocycles. The molecule has 0 aromatic heterocycles. The van der Waals surface area contributed by atoms with E-state index < -0.39 is 6.10 Å². The van der Waals surface area contributed by atoms with E-state index in [4.69, 9.17) is 10.8 Å². The molecule has 2 nitrogen and oxygen atoms in total. The van der Waals surface area contributed by atoms with Gasteiger partial charge in [0.25, 0.3) is 0 Å². The zero-order chi connectivity index (χ0) is 6.57. The standard InChI is InChI=1S/C6H11NO/c1-5(7)3-4-6(2)8/h5-6,8H,7H2,1-2H3. The largest absolute Gasteiger partial charge is 0.381 e. The average molecular weight is 113 g/mol. The number of rotatable bonds is 0. The molecule has 0 aromatic rings. The van der Waals surface area contributed by atoms with Gasteiger partial charge in [-0.3, -0.25) is 0 Å². The van der Waals surface area contributed by atoms with Gasteiger partial charge in [-0.05, 0) is 13.8 Å². The number of nitrogens with two attached hydrogens (primary N) is 1. The van der Waals surface area contributed by atoms with Crippen molar-refractivity contribution in [2.75, 3.05) is 0 Å². The van der Waals surface area contributed by atoms with Crippen LogP contribution in [0.1, 0.15) is 13.8 Å². The van der Waals surface area contributed by atoms with Crippen LogP contribution in [-0.4, -0.2) is 17.3 Å². The molecule has 0 saturated heterocycles. The van der Waals surface area contributed by atoms with Gasteiger partial charge in [0.15, 0.2) is 0 Å². The fourth-order valence-electron chi connectivity index (χ4n) is 0.252. The summed E-state index contributed by atoms with van der Waals surface area (Å²) in [5, 5.41) is 8.57. The highest BCUT2D eigenvalue weighted by atomic mass is 16.3. The molecule has 0 aliphatic carbocycles. The van der Waals surface area contributed by atoms with Crippen LogP contribution in [-0.2, 0) is 0 Å². The molecule has 0 aromatic carbocycles. The molecule has 0 radical (unpaired) electrons. The molecule has 0 spiro atoms. The lowest BCUT2D eigenvalue weighted by atomic mass is 10.3. The van der Waals surface area contributed by atoms with E-state index in [0.717, 1.165) is 0 Å². The maximum atomic E-state index is 8.57. The third kappa shape index (κ3) is 5.48. The molecule has 0 bridgehead atoms. The van der Waals surface area contributed by atoms with E-state index in [1.807, 2.05) is 0 Å². The predicted octanol–water partition coefficient (Wildman–Crippen LogP) is -0.282. The van der Waals surface area contributed by atoms with Crippen molar-refractivity contribution < 1.29 is 5.11 Å². The molecular weight excluding hydrogens is 102 g/mol. The highest BCUT2D eigenvalue weighted by Crippen LogP contribution is 1.74. The number of hydrogen-bond donors (Lipinski definition) is 2. The fourth-order valence-corrected chi connectivity index (χ4v) is 0.252. The second-order valence-electron chi connectivity index (χ2n) is 1.75. The molecule has 2 unspecified atom stereocenters. The van der Waals surface area contributed by atoms with Crippen molar-refractivity contribution >= 4 is 0 Å². The van der Waals surface area contributed by atoms with Gasteiger partial charge in [-0.2, -0.15) is 0 Å². The highest BCUT2D eigenvalue weighted by molar-refractivity contribution is 5.07. The van der Waals surface area contributed by atoms with Crippen LogP contribution < -0.4 is 5.73 Å². The lowest BCUT2D eigenvalue weighted by Crippen LogP contribution is -2.12. The summed E-state index contributed by atoms with van der Waals surface area (Å²) in [4.78, 5) is 0.